The first kappa shape index (κ1) is 13.2. The van der Waals surface area contributed by atoms with Gasteiger partial charge >= 0.3 is 5.97 Å². The molecule has 0 amide bonds. The smallest absolute Gasteiger partial charge is 0.372 e. The van der Waals surface area contributed by atoms with Gasteiger partial charge in [-0.25, -0.2) is 4.79 Å². The molecule has 0 fully saturated rings. The molecule has 0 saturated carbocycles. The van der Waals surface area contributed by atoms with Crippen molar-refractivity contribution in [1.29, 1.82) is 0 Å². The van der Waals surface area contributed by atoms with E-state index in [1.165, 1.54) is 6.42 Å². The molecule has 0 atom stereocenters. The van der Waals surface area contributed by atoms with Gasteiger partial charge in [0.2, 0.25) is 5.76 Å². The van der Waals surface area contributed by atoms with Crippen molar-refractivity contribution in [2.45, 2.75) is 32.9 Å². The fourth-order valence-corrected chi connectivity index (χ4v) is 2.45. The quantitative estimate of drug-likeness (QED) is 0.775. The number of furan rings is 1. The molecule has 0 aliphatic carbocycles. The summed E-state index contributed by atoms with van der Waals surface area (Å²) in [6, 6.07) is 1.81. The molecule has 16 heavy (non-hydrogen) atoms. The highest BCUT2D eigenvalue weighted by molar-refractivity contribution is 7.98. The van der Waals surface area contributed by atoms with E-state index < -0.39 is 5.97 Å². The maximum atomic E-state index is 10.8. The lowest BCUT2D eigenvalue weighted by molar-refractivity contribution is 0.0659. The molecule has 0 saturated heterocycles. The molecule has 0 unspecified atom stereocenters. The van der Waals surface area contributed by atoms with Crippen molar-refractivity contribution in [3.05, 3.63) is 23.2 Å². The number of hydrogen-bond acceptors (Lipinski definition) is 3. The van der Waals surface area contributed by atoms with Crippen LogP contribution in [0.15, 0.2) is 10.5 Å². The van der Waals surface area contributed by atoms with Gasteiger partial charge in [0.25, 0.3) is 0 Å². The van der Waals surface area contributed by atoms with E-state index in [2.05, 4.69) is 13.8 Å². The molecular formula is C12H18O3S. The predicted octanol–water partition coefficient (Wildman–Crippen LogP) is 3.57. The summed E-state index contributed by atoms with van der Waals surface area (Å²) in [7, 11) is 0. The summed E-state index contributed by atoms with van der Waals surface area (Å²) in [6.07, 6.45) is 1.18. The van der Waals surface area contributed by atoms with Crippen molar-refractivity contribution in [2.75, 3.05) is 5.75 Å². The van der Waals surface area contributed by atoms with Crippen LogP contribution in [0.1, 0.15) is 42.1 Å². The van der Waals surface area contributed by atoms with Crippen LogP contribution in [0, 0.1) is 12.8 Å². The lowest BCUT2D eigenvalue weighted by atomic mass is 10.2. The highest BCUT2D eigenvalue weighted by atomic mass is 32.2. The second kappa shape index (κ2) is 5.99. The van der Waals surface area contributed by atoms with Crippen LogP contribution in [-0.2, 0) is 5.75 Å². The fraction of sp³-hybridized carbons (Fsp3) is 0.583. The zero-order valence-electron chi connectivity index (χ0n) is 9.95. The lowest BCUT2D eigenvalue weighted by Gasteiger charge is -2.02. The molecule has 0 spiro atoms. The van der Waals surface area contributed by atoms with Gasteiger partial charge in [0.15, 0.2) is 0 Å². The average molecular weight is 242 g/mol. The monoisotopic (exact) mass is 242 g/mol. The van der Waals surface area contributed by atoms with Gasteiger partial charge in [-0.05, 0) is 31.1 Å². The Morgan fingerprint density at radius 3 is 2.75 bits per heavy atom. The maximum Gasteiger partial charge on any atom is 0.372 e. The summed E-state index contributed by atoms with van der Waals surface area (Å²) in [6.45, 7) is 6.15. The maximum absolute atomic E-state index is 10.8. The first-order chi connectivity index (χ1) is 7.50. The van der Waals surface area contributed by atoms with E-state index in [4.69, 9.17) is 9.52 Å². The largest absolute Gasteiger partial charge is 0.475 e. The Morgan fingerprint density at radius 2 is 2.25 bits per heavy atom. The molecule has 1 aromatic rings. The van der Waals surface area contributed by atoms with Crippen molar-refractivity contribution >= 4 is 17.7 Å². The Hall–Kier alpha value is -0.900. The van der Waals surface area contributed by atoms with Crippen LogP contribution in [0.25, 0.3) is 0 Å². The number of rotatable bonds is 6. The van der Waals surface area contributed by atoms with E-state index in [1.807, 2.05) is 6.07 Å². The average Bonchev–Trinajstić information content (AvgIpc) is 2.54. The Morgan fingerprint density at radius 1 is 1.56 bits per heavy atom. The van der Waals surface area contributed by atoms with Gasteiger partial charge in [-0.2, -0.15) is 11.8 Å². The van der Waals surface area contributed by atoms with Crippen LogP contribution in [0.5, 0.6) is 0 Å². The molecule has 0 aromatic carbocycles. The zero-order chi connectivity index (χ0) is 12.1. The van der Waals surface area contributed by atoms with Crippen LogP contribution in [-0.4, -0.2) is 16.8 Å². The number of aryl methyl sites for hydroxylation is 1. The van der Waals surface area contributed by atoms with Gasteiger partial charge in [0.05, 0.1) is 5.75 Å². The van der Waals surface area contributed by atoms with Gasteiger partial charge in [0, 0.05) is 5.56 Å². The standard InChI is InChI=1S/C12H18O3S/c1-8(2)4-5-16-7-10-6-9(3)11(15-10)12(13)14/h6,8H,4-5,7H2,1-3H3,(H,13,14). The van der Waals surface area contributed by atoms with E-state index in [9.17, 15) is 4.79 Å². The first-order valence-electron chi connectivity index (χ1n) is 5.41. The summed E-state index contributed by atoms with van der Waals surface area (Å²) in [4.78, 5) is 10.8. The summed E-state index contributed by atoms with van der Waals surface area (Å²) in [5.74, 6) is 2.38. The fourth-order valence-electron chi connectivity index (χ4n) is 1.32. The van der Waals surface area contributed by atoms with E-state index in [0.717, 1.165) is 17.3 Å². The minimum absolute atomic E-state index is 0.0689. The minimum Gasteiger partial charge on any atom is -0.475 e. The molecule has 0 bridgehead atoms. The molecule has 4 heteroatoms. The molecule has 0 aliphatic heterocycles. The Balaban J connectivity index is 2.43. The molecule has 3 nitrogen and oxygen atoms in total. The topological polar surface area (TPSA) is 50.4 Å². The summed E-state index contributed by atoms with van der Waals surface area (Å²) in [5, 5.41) is 8.82. The highest BCUT2D eigenvalue weighted by Crippen LogP contribution is 2.20. The van der Waals surface area contributed by atoms with Crippen molar-refractivity contribution in [2.24, 2.45) is 5.92 Å². The predicted molar refractivity (Wildman–Crippen MR) is 66.0 cm³/mol. The third kappa shape index (κ3) is 3.93. The molecule has 1 aromatic heterocycles. The Labute approximate surface area is 100 Å². The molecule has 0 radical (unpaired) electrons. The normalized spacial score (nSPS) is 11.0. The molecule has 90 valence electrons. The zero-order valence-corrected chi connectivity index (χ0v) is 10.8. The van der Waals surface area contributed by atoms with E-state index in [0.29, 0.717) is 11.5 Å². The second-order valence-corrected chi connectivity index (χ2v) is 5.37. The number of carbonyl (C=O) groups is 1. The van der Waals surface area contributed by atoms with Crippen LogP contribution >= 0.6 is 11.8 Å². The van der Waals surface area contributed by atoms with Crippen LogP contribution in [0.2, 0.25) is 0 Å². The van der Waals surface area contributed by atoms with E-state index in [-0.39, 0.29) is 5.76 Å². The van der Waals surface area contributed by atoms with Gasteiger partial charge in [-0.1, -0.05) is 13.8 Å². The van der Waals surface area contributed by atoms with Crippen LogP contribution < -0.4 is 0 Å². The summed E-state index contributed by atoms with van der Waals surface area (Å²) < 4.78 is 5.26. The van der Waals surface area contributed by atoms with E-state index in [1.54, 1.807) is 18.7 Å². The number of carboxylic acid groups (broad SMARTS) is 1. The van der Waals surface area contributed by atoms with Crippen LogP contribution in [0.3, 0.4) is 0 Å². The molecule has 1 N–H and O–H groups in total. The number of hydrogen-bond donors (Lipinski definition) is 1. The number of carboxylic acids is 1. The van der Waals surface area contributed by atoms with Gasteiger partial charge in [0.1, 0.15) is 5.76 Å². The SMILES string of the molecule is Cc1cc(CSCCC(C)C)oc1C(=O)O. The van der Waals surface area contributed by atoms with Gasteiger partial charge < -0.3 is 9.52 Å². The third-order valence-corrected chi connectivity index (χ3v) is 3.26. The molecule has 0 aliphatic rings. The summed E-state index contributed by atoms with van der Waals surface area (Å²) in [5.41, 5.74) is 0.701. The summed E-state index contributed by atoms with van der Waals surface area (Å²) >= 11 is 1.78. The lowest BCUT2D eigenvalue weighted by Crippen LogP contribution is -1.95. The second-order valence-electron chi connectivity index (χ2n) is 4.27. The van der Waals surface area contributed by atoms with Crippen molar-refractivity contribution in [3.8, 4) is 0 Å². The van der Waals surface area contributed by atoms with Crippen LogP contribution in [0.4, 0.5) is 0 Å². The molecule has 1 heterocycles. The molecular weight excluding hydrogens is 224 g/mol. The Kier molecular flexibility index (Phi) is 4.93. The van der Waals surface area contributed by atoms with Gasteiger partial charge in [-0.3, -0.25) is 0 Å². The van der Waals surface area contributed by atoms with Gasteiger partial charge in [-0.15, -0.1) is 0 Å². The Bertz CT molecular complexity index is 355. The molecule has 1 rings (SSSR count). The van der Waals surface area contributed by atoms with Crippen molar-refractivity contribution < 1.29 is 14.3 Å². The first-order valence-corrected chi connectivity index (χ1v) is 6.56. The highest BCUT2D eigenvalue weighted by Gasteiger charge is 2.13. The minimum atomic E-state index is -0.990. The van der Waals surface area contributed by atoms with Crippen molar-refractivity contribution in [1.82, 2.24) is 0 Å². The number of thioether (sulfide) groups is 1. The number of aromatic carboxylic acids is 1. The van der Waals surface area contributed by atoms with Crippen molar-refractivity contribution in [3.63, 3.8) is 0 Å². The van der Waals surface area contributed by atoms with E-state index >= 15 is 0 Å². The third-order valence-electron chi connectivity index (χ3n) is 2.25.